The quantitative estimate of drug-likeness (QED) is 0.753. The molecule has 0 atom stereocenters. The third-order valence-corrected chi connectivity index (χ3v) is 4.90. The van der Waals surface area contributed by atoms with E-state index in [2.05, 4.69) is 15.3 Å². The molecule has 0 spiro atoms. The van der Waals surface area contributed by atoms with Crippen molar-refractivity contribution in [3.8, 4) is 5.75 Å². The second kappa shape index (κ2) is 9.36. The number of hydrogen-bond donors (Lipinski definition) is 1. The lowest BCUT2D eigenvalue weighted by atomic mass is 10.2. The molecule has 1 aromatic heterocycles. The first kappa shape index (κ1) is 19.9. The second-order valence-electron chi connectivity index (χ2n) is 6.91. The van der Waals surface area contributed by atoms with Crippen LogP contribution in [0, 0.1) is 0 Å². The number of carbonyl (C=O) groups excluding carboxylic acids is 2. The number of aromatic nitrogens is 2. The maximum Gasteiger partial charge on any atom is 0.251 e. The van der Waals surface area contributed by atoms with E-state index in [9.17, 15) is 9.59 Å². The third-order valence-electron chi connectivity index (χ3n) is 4.90. The van der Waals surface area contributed by atoms with E-state index in [4.69, 9.17) is 4.74 Å². The molecule has 0 saturated carbocycles. The SMILES string of the molecule is COc1ccc(C(=O)NCCN2CCN(C(=O)Cc3cnn(C)c3)CC2)cc1. The molecule has 0 unspecified atom stereocenters. The van der Waals surface area contributed by atoms with E-state index >= 15 is 0 Å². The molecule has 0 radical (unpaired) electrons. The summed E-state index contributed by atoms with van der Waals surface area (Å²) < 4.78 is 6.81. The van der Waals surface area contributed by atoms with Crippen molar-refractivity contribution >= 4 is 11.8 Å². The van der Waals surface area contributed by atoms with Crippen LogP contribution in [0.2, 0.25) is 0 Å². The van der Waals surface area contributed by atoms with Gasteiger partial charge in [-0.3, -0.25) is 19.2 Å². The molecule has 1 aromatic carbocycles. The minimum atomic E-state index is -0.0899. The Morgan fingerprint density at radius 1 is 1.14 bits per heavy atom. The van der Waals surface area contributed by atoms with Gasteiger partial charge in [-0.2, -0.15) is 5.10 Å². The molecule has 0 bridgehead atoms. The zero-order chi connectivity index (χ0) is 19.9. The van der Waals surface area contributed by atoms with Crippen LogP contribution in [0.5, 0.6) is 5.75 Å². The molecule has 28 heavy (non-hydrogen) atoms. The van der Waals surface area contributed by atoms with Crippen LogP contribution in [0.4, 0.5) is 0 Å². The van der Waals surface area contributed by atoms with Crippen LogP contribution in [0.3, 0.4) is 0 Å². The number of amides is 2. The molecular weight excluding hydrogens is 358 g/mol. The first-order chi connectivity index (χ1) is 13.5. The summed E-state index contributed by atoms with van der Waals surface area (Å²) in [6.45, 7) is 4.41. The molecular formula is C20H27N5O3. The summed E-state index contributed by atoms with van der Waals surface area (Å²) in [5, 5.41) is 7.04. The maximum atomic E-state index is 12.4. The van der Waals surface area contributed by atoms with E-state index in [1.54, 1.807) is 42.3 Å². The number of rotatable bonds is 7. The van der Waals surface area contributed by atoms with Crippen molar-refractivity contribution in [1.29, 1.82) is 0 Å². The number of piperazine rings is 1. The summed E-state index contributed by atoms with van der Waals surface area (Å²) in [4.78, 5) is 28.7. The van der Waals surface area contributed by atoms with Crippen LogP contribution < -0.4 is 10.1 Å². The molecule has 2 heterocycles. The van der Waals surface area contributed by atoms with E-state index in [-0.39, 0.29) is 11.8 Å². The van der Waals surface area contributed by atoms with Crippen molar-refractivity contribution in [2.75, 3.05) is 46.4 Å². The van der Waals surface area contributed by atoms with Gasteiger partial charge in [0, 0.05) is 58.1 Å². The van der Waals surface area contributed by atoms with E-state index in [1.165, 1.54) is 0 Å². The predicted molar refractivity (Wildman–Crippen MR) is 105 cm³/mol. The zero-order valence-electron chi connectivity index (χ0n) is 16.4. The highest BCUT2D eigenvalue weighted by atomic mass is 16.5. The Balaban J connectivity index is 1.36. The average Bonchev–Trinajstić information content (AvgIpc) is 3.13. The lowest BCUT2D eigenvalue weighted by Crippen LogP contribution is -2.50. The minimum absolute atomic E-state index is 0.0899. The van der Waals surface area contributed by atoms with E-state index < -0.39 is 0 Å². The summed E-state index contributed by atoms with van der Waals surface area (Å²) >= 11 is 0. The van der Waals surface area contributed by atoms with Crippen LogP contribution in [0.15, 0.2) is 36.7 Å². The molecule has 1 aliphatic heterocycles. The highest BCUT2D eigenvalue weighted by Gasteiger charge is 2.21. The molecule has 0 aliphatic carbocycles. The molecule has 1 saturated heterocycles. The van der Waals surface area contributed by atoms with Crippen LogP contribution in [0.1, 0.15) is 15.9 Å². The van der Waals surface area contributed by atoms with Crippen LogP contribution in [-0.2, 0) is 18.3 Å². The Morgan fingerprint density at radius 3 is 2.46 bits per heavy atom. The van der Waals surface area contributed by atoms with Crippen LogP contribution >= 0.6 is 0 Å². The van der Waals surface area contributed by atoms with Gasteiger partial charge in [-0.15, -0.1) is 0 Å². The van der Waals surface area contributed by atoms with Gasteiger partial charge in [0.05, 0.1) is 19.7 Å². The lowest BCUT2D eigenvalue weighted by Gasteiger charge is -2.34. The smallest absolute Gasteiger partial charge is 0.251 e. The van der Waals surface area contributed by atoms with E-state index in [0.717, 1.165) is 30.9 Å². The Labute approximate surface area is 165 Å². The topological polar surface area (TPSA) is 79.7 Å². The first-order valence-corrected chi connectivity index (χ1v) is 9.45. The highest BCUT2D eigenvalue weighted by Crippen LogP contribution is 2.11. The summed E-state index contributed by atoms with van der Waals surface area (Å²) in [6.07, 6.45) is 4.01. The molecule has 2 aromatic rings. The van der Waals surface area contributed by atoms with Crippen LogP contribution in [0.25, 0.3) is 0 Å². The molecule has 3 rings (SSSR count). The highest BCUT2D eigenvalue weighted by molar-refractivity contribution is 5.94. The second-order valence-corrected chi connectivity index (χ2v) is 6.91. The van der Waals surface area contributed by atoms with E-state index in [0.29, 0.717) is 31.6 Å². The van der Waals surface area contributed by atoms with Crippen molar-refractivity contribution in [2.24, 2.45) is 7.05 Å². The van der Waals surface area contributed by atoms with Gasteiger partial charge in [-0.25, -0.2) is 0 Å². The van der Waals surface area contributed by atoms with Crippen molar-refractivity contribution < 1.29 is 14.3 Å². The monoisotopic (exact) mass is 385 g/mol. The fourth-order valence-corrected chi connectivity index (χ4v) is 3.24. The first-order valence-electron chi connectivity index (χ1n) is 9.45. The lowest BCUT2D eigenvalue weighted by molar-refractivity contribution is -0.132. The van der Waals surface area contributed by atoms with Gasteiger partial charge < -0.3 is 15.0 Å². The maximum absolute atomic E-state index is 12.4. The average molecular weight is 385 g/mol. The number of ether oxygens (including phenoxy) is 1. The number of nitrogens with one attached hydrogen (secondary N) is 1. The van der Waals surface area contributed by atoms with Gasteiger partial charge in [-0.1, -0.05) is 0 Å². The molecule has 2 amide bonds. The number of aryl methyl sites for hydroxylation is 1. The molecule has 8 nitrogen and oxygen atoms in total. The zero-order valence-corrected chi connectivity index (χ0v) is 16.4. The number of carbonyl (C=O) groups is 2. The summed E-state index contributed by atoms with van der Waals surface area (Å²) in [6, 6.07) is 7.05. The van der Waals surface area contributed by atoms with Crippen molar-refractivity contribution in [3.05, 3.63) is 47.8 Å². The van der Waals surface area contributed by atoms with Gasteiger partial charge in [0.25, 0.3) is 5.91 Å². The van der Waals surface area contributed by atoms with E-state index in [1.807, 2.05) is 18.1 Å². The number of benzene rings is 1. The fraction of sp³-hybridized carbons (Fsp3) is 0.450. The third kappa shape index (κ3) is 5.32. The molecule has 150 valence electrons. The Kier molecular flexibility index (Phi) is 6.65. The standard InChI is InChI=1S/C20H27N5O3/c1-23-15-16(14-22-23)13-19(26)25-11-9-24(10-12-25)8-7-21-20(27)17-3-5-18(28-2)6-4-17/h3-6,14-15H,7-13H2,1-2H3,(H,21,27). The molecule has 1 fully saturated rings. The Morgan fingerprint density at radius 2 is 1.86 bits per heavy atom. The molecule has 8 heteroatoms. The van der Waals surface area contributed by atoms with Crippen molar-refractivity contribution in [3.63, 3.8) is 0 Å². The molecule has 1 aliphatic rings. The summed E-state index contributed by atoms with van der Waals surface area (Å²) in [7, 11) is 3.45. The Bertz CT molecular complexity index is 794. The van der Waals surface area contributed by atoms with Crippen LogP contribution in [-0.4, -0.2) is 77.8 Å². The van der Waals surface area contributed by atoms with Crippen molar-refractivity contribution in [1.82, 2.24) is 24.9 Å². The number of nitrogens with zero attached hydrogens (tertiary/aromatic N) is 4. The fourth-order valence-electron chi connectivity index (χ4n) is 3.24. The predicted octanol–water partition coefficient (Wildman–Crippen LogP) is 0.545. The van der Waals surface area contributed by atoms with Gasteiger partial charge in [-0.05, 0) is 29.8 Å². The van der Waals surface area contributed by atoms with Gasteiger partial charge >= 0.3 is 0 Å². The summed E-state index contributed by atoms with van der Waals surface area (Å²) in [5.41, 5.74) is 1.56. The Hall–Kier alpha value is -2.87. The van der Waals surface area contributed by atoms with Gasteiger partial charge in [0.15, 0.2) is 0 Å². The largest absolute Gasteiger partial charge is 0.497 e. The van der Waals surface area contributed by atoms with Gasteiger partial charge in [0.2, 0.25) is 5.91 Å². The normalized spacial score (nSPS) is 14.7. The number of methoxy groups -OCH3 is 1. The van der Waals surface area contributed by atoms with Gasteiger partial charge in [0.1, 0.15) is 5.75 Å². The van der Waals surface area contributed by atoms with Crippen molar-refractivity contribution in [2.45, 2.75) is 6.42 Å². The summed E-state index contributed by atoms with van der Waals surface area (Å²) in [5.74, 6) is 0.779. The number of hydrogen-bond acceptors (Lipinski definition) is 5. The molecule has 1 N–H and O–H groups in total. The minimum Gasteiger partial charge on any atom is -0.497 e.